The first kappa shape index (κ1) is 24.1. The molecule has 1 saturated carbocycles. The van der Waals surface area contributed by atoms with Gasteiger partial charge >= 0.3 is 5.97 Å². The molecule has 1 fully saturated rings. The zero-order valence-electron chi connectivity index (χ0n) is 18.6. The molecule has 5 atom stereocenters. The van der Waals surface area contributed by atoms with Crippen LogP contribution in [-0.4, -0.2) is 31.5 Å². The highest BCUT2D eigenvalue weighted by atomic mass is 35.5. The van der Waals surface area contributed by atoms with Crippen molar-refractivity contribution in [3.8, 4) is 0 Å². The van der Waals surface area contributed by atoms with E-state index >= 15 is 0 Å². The molecule has 1 heterocycles. The standard InChI is InChI=1S/C25H20ClN3O6S/c26-23-21(36-20-7-2-1-6-19(20)29(34)35)12-17-22(23)16-11-14(25(30)31)8-9-18(16)27-24(17)13-4-3-5-15(10-13)28(32)33/h1-11,17,21-24,27H,12H2,(H,30,31)/t17-,21+,22-,23+,24+/m0/s1. The van der Waals surface area contributed by atoms with E-state index in [1.807, 2.05) is 6.07 Å². The summed E-state index contributed by atoms with van der Waals surface area (Å²) in [5, 5.41) is 35.3. The van der Waals surface area contributed by atoms with Gasteiger partial charge in [0.05, 0.1) is 31.7 Å². The van der Waals surface area contributed by atoms with Gasteiger partial charge in [-0.1, -0.05) is 24.3 Å². The Morgan fingerprint density at radius 1 is 1.03 bits per heavy atom. The predicted octanol–water partition coefficient (Wildman–Crippen LogP) is 6.24. The number of nitrogens with zero attached hydrogens (tertiary/aromatic N) is 2. The van der Waals surface area contributed by atoms with E-state index in [4.69, 9.17) is 11.6 Å². The number of benzene rings is 3. The Labute approximate surface area is 214 Å². The van der Waals surface area contributed by atoms with Gasteiger partial charge in [-0.05, 0) is 47.7 Å². The van der Waals surface area contributed by atoms with E-state index in [1.54, 1.807) is 36.4 Å². The largest absolute Gasteiger partial charge is 0.478 e. The number of nitro benzene ring substituents is 2. The van der Waals surface area contributed by atoms with Crippen LogP contribution in [0, 0.1) is 26.1 Å². The van der Waals surface area contributed by atoms with E-state index in [2.05, 4.69) is 5.32 Å². The summed E-state index contributed by atoms with van der Waals surface area (Å²) in [6, 6.07) is 17.5. The van der Waals surface area contributed by atoms with Crippen molar-refractivity contribution in [1.82, 2.24) is 0 Å². The Hall–Kier alpha value is -3.63. The van der Waals surface area contributed by atoms with E-state index in [1.165, 1.54) is 36.0 Å². The second-order valence-corrected chi connectivity index (χ2v) is 10.6. The van der Waals surface area contributed by atoms with Gasteiger partial charge in [-0.2, -0.15) is 0 Å². The number of carbonyl (C=O) groups is 1. The molecule has 0 radical (unpaired) electrons. The third kappa shape index (κ3) is 4.27. The number of alkyl halides is 1. The summed E-state index contributed by atoms with van der Waals surface area (Å²) in [6.07, 6.45) is 0.576. The van der Waals surface area contributed by atoms with Gasteiger partial charge in [0.15, 0.2) is 0 Å². The smallest absolute Gasteiger partial charge is 0.335 e. The third-order valence-corrected chi connectivity index (χ3v) is 8.95. The van der Waals surface area contributed by atoms with Crippen LogP contribution in [0.4, 0.5) is 17.1 Å². The molecule has 0 saturated heterocycles. The van der Waals surface area contributed by atoms with Crippen molar-refractivity contribution in [2.45, 2.75) is 33.9 Å². The van der Waals surface area contributed by atoms with Crippen LogP contribution in [-0.2, 0) is 0 Å². The predicted molar refractivity (Wildman–Crippen MR) is 136 cm³/mol. The van der Waals surface area contributed by atoms with E-state index < -0.39 is 21.2 Å². The molecule has 0 bridgehead atoms. The number of hydrogen-bond acceptors (Lipinski definition) is 7. The summed E-state index contributed by atoms with van der Waals surface area (Å²) in [4.78, 5) is 34.3. The van der Waals surface area contributed by atoms with Crippen LogP contribution in [0.2, 0.25) is 0 Å². The maximum atomic E-state index is 11.7. The molecule has 3 aromatic rings. The molecule has 9 nitrogen and oxygen atoms in total. The average Bonchev–Trinajstić information content (AvgIpc) is 3.19. The zero-order valence-corrected chi connectivity index (χ0v) is 20.2. The van der Waals surface area contributed by atoms with Gasteiger partial charge in [-0.15, -0.1) is 23.4 Å². The molecule has 184 valence electrons. The lowest BCUT2D eigenvalue weighted by Crippen LogP contribution is -2.31. The second-order valence-electron chi connectivity index (χ2n) is 8.83. The average molecular weight is 526 g/mol. The lowest BCUT2D eigenvalue weighted by molar-refractivity contribution is -0.387. The Morgan fingerprint density at radius 3 is 2.53 bits per heavy atom. The highest BCUT2D eigenvalue weighted by molar-refractivity contribution is 8.00. The Kier molecular flexibility index (Phi) is 6.31. The van der Waals surface area contributed by atoms with E-state index in [-0.39, 0.29) is 40.1 Å². The molecule has 11 heteroatoms. The first-order chi connectivity index (χ1) is 17.2. The van der Waals surface area contributed by atoms with Gasteiger partial charge < -0.3 is 10.4 Å². The summed E-state index contributed by atoms with van der Waals surface area (Å²) in [7, 11) is 0. The third-order valence-electron chi connectivity index (χ3n) is 6.84. The van der Waals surface area contributed by atoms with Crippen molar-refractivity contribution in [3.05, 3.63) is 104 Å². The minimum Gasteiger partial charge on any atom is -0.478 e. The molecule has 2 N–H and O–H groups in total. The Bertz CT molecular complexity index is 1390. The van der Waals surface area contributed by atoms with E-state index in [9.17, 15) is 30.1 Å². The number of carboxylic acids is 1. The molecule has 0 spiro atoms. The fourth-order valence-corrected chi connectivity index (χ4v) is 7.23. The summed E-state index contributed by atoms with van der Waals surface area (Å²) < 4.78 is 0. The van der Waals surface area contributed by atoms with Crippen LogP contribution in [0.25, 0.3) is 0 Å². The van der Waals surface area contributed by atoms with Gasteiger partial charge in [0.2, 0.25) is 0 Å². The highest BCUT2D eigenvalue weighted by Gasteiger charge is 2.50. The molecular weight excluding hydrogens is 506 g/mol. The van der Waals surface area contributed by atoms with Gasteiger partial charge in [0.25, 0.3) is 11.4 Å². The minimum absolute atomic E-state index is 0.00293. The van der Waals surface area contributed by atoms with Crippen molar-refractivity contribution in [3.63, 3.8) is 0 Å². The number of nitro groups is 2. The molecule has 0 unspecified atom stereocenters. The molecule has 5 rings (SSSR count). The van der Waals surface area contributed by atoms with E-state index in [0.717, 1.165) is 16.8 Å². The Morgan fingerprint density at radius 2 is 1.81 bits per heavy atom. The van der Waals surface area contributed by atoms with Crippen molar-refractivity contribution in [2.24, 2.45) is 5.92 Å². The number of halogens is 1. The number of carboxylic acid groups (broad SMARTS) is 1. The molecular formula is C25H20ClN3O6S. The molecule has 1 aliphatic heterocycles. The molecule has 2 aliphatic rings. The van der Waals surface area contributed by atoms with Crippen LogP contribution in [0.1, 0.15) is 39.9 Å². The maximum Gasteiger partial charge on any atom is 0.335 e. The summed E-state index contributed by atoms with van der Waals surface area (Å²) in [5.74, 6) is -1.43. The van der Waals surface area contributed by atoms with Gasteiger partial charge in [-0.25, -0.2) is 4.79 Å². The number of fused-ring (bicyclic) bond motifs is 3. The van der Waals surface area contributed by atoms with Gasteiger partial charge in [0, 0.05) is 35.1 Å². The number of rotatable bonds is 6. The summed E-state index contributed by atoms with van der Waals surface area (Å²) >= 11 is 8.40. The SMILES string of the molecule is O=C(O)c1ccc2c(c1)[C@@H]1[C@H](Cl)[C@H](Sc3ccccc3[N+](=O)[O-])C[C@@H]1[C@@H](c1cccc([N+](=O)[O-])c1)N2. The number of hydrogen-bond donors (Lipinski definition) is 2. The maximum absolute atomic E-state index is 11.7. The second kappa shape index (κ2) is 9.44. The minimum atomic E-state index is -1.05. The number of aromatic carboxylic acids is 1. The highest BCUT2D eigenvalue weighted by Crippen LogP contribution is 2.58. The van der Waals surface area contributed by atoms with Gasteiger partial charge in [0.1, 0.15) is 0 Å². The monoisotopic (exact) mass is 525 g/mol. The van der Waals surface area contributed by atoms with Gasteiger partial charge in [-0.3, -0.25) is 20.2 Å². The number of thioether (sulfide) groups is 1. The van der Waals surface area contributed by atoms with Crippen molar-refractivity contribution >= 4 is 46.4 Å². The molecule has 0 aromatic heterocycles. The van der Waals surface area contributed by atoms with Crippen LogP contribution in [0.15, 0.2) is 71.6 Å². The lowest BCUT2D eigenvalue weighted by atomic mass is 9.76. The van der Waals surface area contributed by atoms with Crippen LogP contribution >= 0.6 is 23.4 Å². The zero-order chi connectivity index (χ0) is 25.6. The molecule has 3 aromatic carbocycles. The topological polar surface area (TPSA) is 136 Å². The number of non-ortho nitro benzene ring substituents is 1. The molecule has 0 amide bonds. The molecule has 1 aliphatic carbocycles. The summed E-state index contributed by atoms with van der Waals surface area (Å²) in [5.41, 5.74) is 2.34. The first-order valence-corrected chi connectivity index (χ1v) is 12.5. The van der Waals surface area contributed by atoms with Crippen LogP contribution < -0.4 is 5.32 Å². The normalized spacial score (nSPS) is 24.3. The van der Waals surface area contributed by atoms with Crippen LogP contribution in [0.5, 0.6) is 0 Å². The number of para-hydroxylation sites is 1. The van der Waals surface area contributed by atoms with Crippen molar-refractivity contribution < 1.29 is 19.7 Å². The van der Waals surface area contributed by atoms with E-state index in [0.29, 0.717) is 11.3 Å². The van der Waals surface area contributed by atoms with Crippen LogP contribution in [0.3, 0.4) is 0 Å². The lowest BCUT2D eigenvalue weighted by Gasteiger charge is -2.38. The first-order valence-electron chi connectivity index (χ1n) is 11.2. The fourth-order valence-electron chi connectivity index (χ4n) is 5.28. The molecule has 36 heavy (non-hydrogen) atoms. The van der Waals surface area contributed by atoms with Crippen molar-refractivity contribution in [2.75, 3.05) is 5.32 Å². The Balaban J connectivity index is 1.57. The number of anilines is 1. The summed E-state index contributed by atoms with van der Waals surface area (Å²) in [6.45, 7) is 0. The number of nitrogens with one attached hydrogen (secondary N) is 1. The fraction of sp³-hybridized carbons (Fsp3) is 0.240. The quantitative estimate of drug-likeness (QED) is 0.219. The van der Waals surface area contributed by atoms with Crippen molar-refractivity contribution in [1.29, 1.82) is 0 Å².